The number of imidazole rings is 1. The molecule has 122 valence electrons. The van der Waals surface area contributed by atoms with Gasteiger partial charge in [0.15, 0.2) is 0 Å². The molecule has 1 aromatic heterocycles. The van der Waals surface area contributed by atoms with E-state index in [0.717, 1.165) is 6.07 Å². The van der Waals surface area contributed by atoms with Gasteiger partial charge in [-0.3, -0.25) is 10.1 Å². The molecule has 2 heterocycles. The molecule has 0 saturated carbocycles. The Hall–Kier alpha value is -2.28. The highest BCUT2D eigenvalue weighted by molar-refractivity contribution is 5.98. The summed E-state index contributed by atoms with van der Waals surface area (Å²) in [6.45, 7) is 0.676. The van der Waals surface area contributed by atoms with Gasteiger partial charge in [-0.25, -0.2) is 13.8 Å². The van der Waals surface area contributed by atoms with E-state index in [0.29, 0.717) is 32.0 Å². The second kappa shape index (κ2) is 6.08. The average Bonchev–Trinajstić information content (AvgIpc) is 2.93. The van der Waals surface area contributed by atoms with E-state index < -0.39 is 17.0 Å². The Balaban J connectivity index is 1.99. The van der Waals surface area contributed by atoms with Crippen LogP contribution in [0.5, 0.6) is 0 Å². The van der Waals surface area contributed by atoms with Crippen molar-refractivity contribution in [1.82, 2.24) is 9.55 Å². The zero-order chi connectivity index (χ0) is 16.4. The molecule has 0 aliphatic carbocycles. The third-order valence-electron chi connectivity index (χ3n) is 4.27. The number of amides is 1. The number of carbonyl (C=O) groups is 1. The molecule has 1 aromatic carbocycles. The van der Waals surface area contributed by atoms with Gasteiger partial charge in [0.2, 0.25) is 11.9 Å². The fraction of sp³-hybridized carbons (Fsp3) is 0.375. The standard InChI is InChI=1S/C16H17F2N3O2/c1-21-7-6-19-15(21)20-14(22)16(4-8-23-9-5-16)12-3-2-11(17)10-13(12)18/h2-3,6-7,10H,4-5,8-9H2,1H3,(H,19,20,22). The average molecular weight is 321 g/mol. The molecule has 3 rings (SSSR count). The number of nitrogens with one attached hydrogen (secondary N) is 1. The third kappa shape index (κ3) is 2.84. The molecule has 1 saturated heterocycles. The number of hydrogen-bond donors (Lipinski definition) is 1. The molecular weight excluding hydrogens is 304 g/mol. The van der Waals surface area contributed by atoms with Crippen molar-refractivity contribution in [2.45, 2.75) is 18.3 Å². The molecule has 1 aliphatic rings. The highest BCUT2D eigenvalue weighted by Gasteiger charge is 2.44. The molecule has 0 atom stereocenters. The van der Waals surface area contributed by atoms with Gasteiger partial charge in [-0.05, 0) is 18.9 Å². The summed E-state index contributed by atoms with van der Waals surface area (Å²) in [6.07, 6.45) is 3.91. The summed E-state index contributed by atoms with van der Waals surface area (Å²) in [5.74, 6) is -1.37. The van der Waals surface area contributed by atoms with Crippen molar-refractivity contribution in [3.63, 3.8) is 0 Å². The molecule has 0 unspecified atom stereocenters. The highest BCUT2D eigenvalue weighted by atomic mass is 19.1. The first kappa shape index (κ1) is 15.6. The summed E-state index contributed by atoms with van der Waals surface area (Å²) >= 11 is 0. The van der Waals surface area contributed by atoms with Crippen LogP contribution < -0.4 is 5.32 Å². The lowest BCUT2D eigenvalue weighted by Gasteiger charge is -2.36. The smallest absolute Gasteiger partial charge is 0.237 e. The zero-order valence-electron chi connectivity index (χ0n) is 12.7. The molecule has 0 bridgehead atoms. The van der Waals surface area contributed by atoms with E-state index in [2.05, 4.69) is 10.3 Å². The summed E-state index contributed by atoms with van der Waals surface area (Å²) in [5, 5.41) is 2.74. The molecule has 23 heavy (non-hydrogen) atoms. The van der Waals surface area contributed by atoms with E-state index in [9.17, 15) is 13.6 Å². The molecule has 0 spiro atoms. The fourth-order valence-corrected chi connectivity index (χ4v) is 2.92. The maximum Gasteiger partial charge on any atom is 0.237 e. The van der Waals surface area contributed by atoms with E-state index >= 15 is 0 Å². The Bertz CT molecular complexity index is 724. The van der Waals surface area contributed by atoms with Crippen LogP contribution in [0.4, 0.5) is 14.7 Å². The second-order valence-corrected chi connectivity index (χ2v) is 5.63. The topological polar surface area (TPSA) is 56.2 Å². The minimum absolute atomic E-state index is 0.189. The van der Waals surface area contributed by atoms with Crippen LogP contribution in [0.1, 0.15) is 18.4 Å². The Labute approximate surface area is 132 Å². The molecule has 0 radical (unpaired) electrons. The number of halogens is 2. The SMILES string of the molecule is Cn1ccnc1NC(=O)C1(c2ccc(F)cc2F)CCOCC1. The van der Waals surface area contributed by atoms with Crippen LogP contribution in [0.25, 0.3) is 0 Å². The van der Waals surface area contributed by atoms with Gasteiger partial charge in [0, 0.05) is 44.3 Å². The van der Waals surface area contributed by atoms with Crippen LogP contribution in [0.3, 0.4) is 0 Å². The Morgan fingerprint density at radius 3 is 2.70 bits per heavy atom. The van der Waals surface area contributed by atoms with E-state index in [4.69, 9.17) is 4.74 Å². The number of anilines is 1. The van der Waals surface area contributed by atoms with Crippen molar-refractivity contribution < 1.29 is 18.3 Å². The second-order valence-electron chi connectivity index (χ2n) is 5.63. The minimum atomic E-state index is -1.10. The first-order chi connectivity index (χ1) is 11.0. The summed E-state index contributed by atoms with van der Waals surface area (Å²) < 4.78 is 34.5. The first-order valence-corrected chi connectivity index (χ1v) is 7.35. The summed E-state index contributed by atoms with van der Waals surface area (Å²) in [7, 11) is 1.75. The molecule has 1 amide bonds. The van der Waals surface area contributed by atoms with Gasteiger partial charge in [-0.1, -0.05) is 6.07 Å². The van der Waals surface area contributed by atoms with Gasteiger partial charge in [-0.15, -0.1) is 0 Å². The maximum atomic E-state index is 14.3. The van der Waals surface area contributed by atoms with Crippen molar-refractivity contribution in [2.24, 2.45) is 7.05 Å². The van der Waals surface area contributed by atoms with E-state index in [-0.39, 0.29) is 11.5 Å². The van der Waals surface area contributed by atoms with Gasteiger partial charge in [-0.2, -0.15) is 0 Å². The molecule has 5 nitrogen and oxygen atoms in total. The predicted octanol–water partition coefficient (Wildman–Crippen LogP) is 2.39. The summed E-state index contributed by atoms with van der Waals surface area (Å²) in [4.78, 5) is 17.0. The third-order valence-corrected chi connectivity index (χ3v) is 4.27. The molecule has 1 N–H and O–H groups in total. The zero-order valence-corrected chi connectivity index (χ0v) is 12.7. The molecule has 1 fully saturated rings. The monoisotopic (exact) mass is 321 g/mol. The Morgan fingerprint density at radius 1 is 1.35 bits per heavy atom. The number of aryl methyl sites for hydroxylation is 1. The van der Waals surface area contributed by atoms with E-state index in [1.54, 1.807) is 24.0 Å². The van der Waals surface area contributed by atoms with Gasteiger partial charge >= 0.3 is 0 Å². The van der Waals surface area contributed by atoms with Crippen molar-refractivity contribution >= 4 is 11.9 Å². The van der Waals surface area contributed by atoms with Crippen LogP contribution >= 0.6 is 0 Å². The molecule has 1 aliphatic heterocycles. The van der Waals surface area contributed by atoms with Crippen LogP contribution in [-0.2, 0) is 22.0 Å². The van der Waals surface area contributed by atoms with Crippen molar-refractivity contribution in [1.29, 1.82) is 0 Å². The number of benzene rings is 1. The van der Waals surface area contributed by atoms with Crippen LogP contribution in [0, 0.1) is 11.6 Å². The van der Waals surface area contributed by atoms with Gasteiger partial charge in [0.1, 0.15) is 11.6 Å². The number of hydrogen-bond acceptors (Lipinski definition) is 3. The van der Waals surface area contributed by atoms with Crippen LogP contribution in [0.2, 0.25) is 0 Å². The highest BCUT2D eigenvalue weighted by Crippen LogP contribution is 2.37. The quantitative estimate of drug-likeness (QED) is 0.944. The number of nitrogens with zero attached hydrogens (tertiary/aromatic N) is 2. The number of rotatable bonds is 3. The first-order valence-electron chi connectivity index (χ1n) is 7.35. The minimum Gasteiger partial charge on any atom is -0.381 e. The molecule has 7 heteroatoms. The molecule has 2 aromatic rings. The largest absolute Gasteiger partial charge is 0.381 e. The lowest BCUT2D eigenvalue weighted by molar-refractivity contribution is -0.125. The van der Waals surface area contributed by atoms with E-state index in [1.165, 1.54) is 12.1 Å². The van der Waals surface area contributed by atoms with Crippen LogP contribution in [0.15, 0.2) is 30.6 Å². The number of aromatic nitrogens is 2. The fourth-order valence-electron chi connectivity index (χ4n) is 2.92. The van der Waals surface area contributed by atoms with Gasteiger partial charge < -0.3 is 9.30 Å². The van der Waals surface area contributed by atoms with Gasteiger partial charge in [0.05, 0.1) is 5.41 Å². The lowest BCUT2D eigenvalue weighted by Crippen LogP contribution is -2.45. The van der Waals surface area contributed by atoms with Gasteiger partial charge in [0.25, 0.3) is 0 Å². The summed E-state index contributed by atoms with van der Waals surface area (Å²) in [6, 6.07) is 3.32. The van der Waals surface area contributed by atoms with Crippen molar-refractivity contribution in [3.05, 3.63) is 47.8 Å². The number of carbonyl (C=O) groups excluding carboxylic acids is 1. The predicted molar refractivity (Wildman–Crippen MR) is 79.9 cm³/mol. The summed E-state index contributed by atoms with van der Waals surface area (Å²) in [5.41, 5.74) is -0.906. The van der Waals surface area contributed by atoms with Crippen molar-refractivity contribution in [2.75, 3.05) is 18.5 Å². The van der Waals surface area contributed by atoms with E-state index in [1.807, 2.05) is 0 Å². The van der Waals surface area contributed by atoms with Crippen molar-refractivity contribution in [3.8, 4) is 0 Å². The number of ether oxygens (including phenoxy) is 1. The Kier molecular flexibility index (Phi) is 4.12. The normalized spacial score (nSPS) is 17.0. The lowest BCUT2D eigenvalue weighted by atomic mass is 9.73. The maximum absolute atomic E-state index is 14.3. The Morgan fingerprint density at radius 2 is 2.09 bits per heavy atom. The van der Waals surface area contributed by atoms with Crippen LogP contribution in [-0.4, -0.2) is 28.7 Å². The molecular formula is C16H17F2N3O2.